The number of ether oxygens (including phenoxy) is 1. The van der Waals surface area contributed by atoms with E-state index in [-0.39, 0.29) is 12.1 Å². The molecule has 1 aliphatic heterocycles. The van der Waals surface area contributed by atoms with Gasteiger partial charge in [-0.3, -0.25) is 15.1 Å². The van der Waals surface area contributed by atoms with Gasteiger partial charge in [-0.15, -0.1) is 0 Å². The SMILES string of the molecule is CC(=O)OC(CC1=C(C)CCCN1O)c1ccccc1. The van der Waals surface area contributed by atoms with Crippen molar-refractivity contribution in [2.75, 3.05) is 6.54 Å². The first-order valence-corrected chi connectivity index (χ1v) is 6.95. The summed E-state index contributed by atoms with van der Waals surface area (Å²) in [4.78, 5) is 11.3. The van der Waals surface area contributed by atoms with Crippen LogP contribution in [0.2, 0.25) is 0 Å². The molecule has 1 aromatic carbocycles. The van der Waals surface area contributed by atoms with Gasteiger partial charge in [0.25, 0.3) is 0 Å². The Hall–Kier alpha value is -1.81. The van der Waals surface area contributed by atoms with Crippen molar-refractivity contribution in [2.24, 2.45) is 0 Å². The molecule has 1 unspecified atom stereocenters. The van der Waals surface area contributed by atoms with E-state index in [1.165, 1.54) is 12.0 Å². The fraction of sp³-hybridized carbons (Fsp3) is 0.438. The average Bonchev–Trinajstić information content (AvgIpc) is 2.42. The van der Waals surface area contributed by atoms with Crippen molar-refractivity contribution in [3.8, 4) is 0 Å². The van der Waals surface area contributed by atoms with Crippen LogP contribution in [-0.4, -0.2) is 22.8 Å². The molecule has 1 atom stereocenters. The number of benzene rings is 1. The van der Waals surface area contributed by atoms with E-state index in [4.69, 9.17) is 4.74 Å². The largest absolute Gasteiger partial charge is 0.457 e. The van der Waals surface area contributed by atoms with Crippen molar-refractivity contribution in [1.82, 2.24) is 5.06 Å². The Balaban J connectivity index is 2.22. The van der Waals surface area contributed by atoms with E-state index in [1.807, 2.05) is 37.3 Å². The summed E-state index contributed by atoms with van der Waals surface area (Å²) in [5.74, 6) is -0.308. The van der Waals surface area contributed by atoms with Gasteiger partial charge in [-0.2, -0.15) is 0 Å². The number of carbonyl (C=O) groups is 1. The van der Waals surface area contributed by atoms with E-state index < -0.39 is 0 Å². The van der Waals surface area contributed by atoms with Crippen molar-refractivity contribution in [1.29, 1.82) is 0 Å². The smallest absolute Gasteiger partial charge is 0.303 e. The molecular formula is C16H21NO3. The monoisotopic (exact) mass is 275 g/mol. The minimum absolute atomic E-state index is 0.308. The summed E-state index contributed by atoms with van der Waals surface area (Å²) in [7, 11) is 0. The average molecular weight is 275 g/mol. The zero-order chi connectivity index (χ0) is 14.5. The molecular weight excluding hydrogens is 254 g/mol. The molecule has 0 bridgehead atoms. The molecule has 0 amide bonds. The lowest BCUT2D eigenvalue weighted by Crippen LogP contribution is -2.27. The van der Waals surface area contributed by atoms with Gasteiger partial charge in [0.1, 0.15) is 6.10 Å². The lowest BCUT2D eigenvalue weighted by Gasteiger charge is -2.30. The highest BCUT2D eigenvalue weighted by Crippen LogP contribution is 2.31. The highest BCUT2D eigenvalue weighted by molar-refractivity contribution is 5.66. The molecule has 0 radical (unpaired) electrons. The molecule has 1 aromatic rings. The van der Waals surface area contributed by atoms with Crippen LogP contribution < -0.4 is 0 Å². The maximum atomic E-state index is 11.3. The van der Waals surface area contributed by atoms with Crippen molar-refractivity contribution < 1.29 is 14.7 Å². The second-order valence-electron chi connectivity index (χ2n) is 5.17. The van der Waals surface area contributed by atoms with Crippen LogP contribution in [0.15, 0.2) is 41.6 Å². The Morgan fingerprint density at radius 3 is 2.70 bits per heavy atom. The molecule has 0 saturated carbocycles. The van der Waals surface area contributed by atoms with Crippen LogP contribution in [0.3, 0.4) is 0 Å². The number of rotatable bonds is 4. The molecule has 20 heavy (non-hydrogen) atoms. The van der Waals surface area contributed by atoms with E-state index in [0.29, 0.717) is 13.0 Å². The number of hydrogen-bond acceptors (Lipinski definition) is 4. The lowest BCUT2D eigenvalue weighted by molar-refractivity contribution is -0.147. The van der Waals surface area contributed by atoms with E-state index in [2.05, 4.69) is 0 Å². The van der Waals surface area contributed by atoms with Crippen LogP contribution >= 0.6 is 0 Å². The summed E-state index contributed by atoms with van der Waals surface area (Å²) < 4.78 is 5.42. The third kappa shape index (κ3) is 3.61. The number of esters is 1. The van der Waals surface area contributed by atoms with Crippen LogP contribution in [0.5, 0.6) is 0 Å². The predicted molar refractivity (Wildman–Crippen MR) is 76.0 cm³/mol. The van der Waals surface area contributed by atoms with Crippen molar-refractivity contribution in [3.05, 3.63) is 47.2 Å². The Bertz CT molecular complexity index is 496. The molecule has 108 valence electrons. The Morgan fingerprint density at radius 2 is 2.10 bits per heavy atom. The van der Waals surface area contributed by atoms with Crippen LogP contribution in [-0.2, 0) is 9.53 Å². The molecule has 0 fully saturated rings. The maximum absolute atomic E-state index is 11.3. The topological polar surface area (TPSA) is 49.8 Å². The standard InChI is InChI=1S/C16H21NO3/c1-12-7-6-10-17(19)15(12)11-16(20-13(2)18)14-8-4-3-5-9-14/h3-5,8-9,16,19H,6-7,10-11H2,1-2H3. The molecule has 0 saturated heterocycles. The van der Waals surface area contributed by atoms with E-state index >= 15 is 0 Å². The van der Waals surface area contributed by atoms with Crippen LogP contribution in [0.4, 0.5) is 0 Å². The summed E-state index contributed by atoms with van der Waals surface area (Å²) in [5, 5.41) is 11.3. The van der Waals surface area contributed by atoms with E-state index in [0.717, 1.165) is 29.7 Å². The molecule has 4 nitrogen and oxygen atoms in total. The lowest BCUT2D eigenvalue weighted by atomic mass is 9.98. The molecule has 0 aliphatic carbocycles. The maximum Gasteiger partial charge on any atom is 0.303 e. The van der Waals surface area contributed by atoms with Crippen LogP contribution in [0, 0.1) is 0 Å². The quantitative estimate of drug-likeness (QED) is 0.855. The molecule has 0 spiro atoms. The van der Waals surface area contributed by atoms with Gasteiger partial charge in [0.05, 0.1) is 0 Å². The summed E-state index contributed by atoms with van der Waals surface area (Å²) in [5.41, 5.74) is 2.97. The number of allylic oxidation sites excluding steroid dienone is 1. The van der Waals surface area contributed by atoms with Gasteiger partial charge in [0.15, 0.2) is 0 Å². The van der Waals surface area contributed by atoms with E-state index in [1.54, 1.807) is 0 Å². The Kier molecular flexibility index (Phi) is 4.79. The van der Waals surface area contributed by atoms with Gasteiger partial charge in [-0.05, 0) is 25.3 Å². The molecule has 1 N–H and O–H groups in total. The first-order chi connectivity index (χ1) is 9.58. The normalized spacial score (nSPS) is 17.1. The second kappa shape index (κ2) is 6.57. The fourth-order valence-electron chi connectivity index (χ4n) is 2.54. The van der Waals surface area contributed by atoms with Gasteiger partial charge in [-0.25, -0.2) is 0 Å². The second-order valence-corrected chi connectivity index (χ2v) is 5.17. The van der Waals surface area contributed by atoms with E-state index in [9.17, 15) is 10.0 Å². The number of hydrogen-bond donors (Lipinski definition) is 1. The molecule has 0 aromatic heterocycles. The number of hydroxylamine groups is 2. The van der Waals surface area contributed by atoms with Gasteiger partial charge >= 0.3 is 5.97 Å². The third-order valence-electron chi connectivity index (χ3n) is 3.58. The predicted octanol–water partition coefficient (Wildman–Crippen LogP) is 3.44. The summed E-state index contributed by atoms with van der Waals surface area (Å²) in [6.45, 7) is 4.07. The zero-order valence-electron chi connectivity index (χ0n) is 12.0. The minimum atomic E-state index is -0.355. The van der Waals surface area contributed by atoms with Gasteiger partial charge in [0, 0.05) is 25.6 Å². The highest BCUT2D eigenvalue weighted by atomic mass is 16.5. The summed E-state index contributed by atoms with van der Waals surface area (Å²) in [6, 6.07) is 9.65. The number of nitrogens with zero attached hydrogens (tertiary/aromatic N) is 1. The third-order valence-corrected chi connectivity index (χ3v) is 3.58. The minimum Gasteiger partial charge on any atom is -0.457 e. The zero-order valence-corrected chi connectivity index (χ0v) is 12.0. The van der Waals surface area contributed by atoms with Crippen molar-refractivity contribution in [3.63, 3.8) is 0 Å². The van der Waals surface area contributed by atoms with Gasteiger partial charge in [-0.1, -0.05) is 35.9 Å². The fourth-order valence-corrected chi connectivity index (χ4v) is 2.54. The Morgan fingerprint density at radius 1 is 1.40 bits per heavy atom. The van der Waals surface area contributed by atoms with Crippen LogP contribution in [0.1, 0.15) is 44.8 Å². The van der Waals surface area contributed by atoms with Crippen LogP contribution in [0.25, 0.3) is 0 Å². The first kappa shape index (κ1) is 14.6. The summed E-state index contributed by atoms with van der Waals surface area (Å²) in [6.07, 6.45) is 2.08. The molecule has 2 rings (SSSR count). The number of carbonyl (C=O) groups excluding carboxylic acids is 1. The molecule has 1 aliphatic rings. The highest BCUT2D eigenvalue weighted by Gasteiger charge is 2.23. The van der Waals surface area contributed by atoms with Crippen molar-refractivity contribution >= 4 is 5.97 Å². The molecule has 4 heteroatoms. The Labute approximate surface area is 119 Å². The van der Waals surface area contributed by atoms with Gasteiger partial charge in [0.2, 0.25) is 0 Å². The molecule has 1 heterocycles. The summed E-state index contributed by atoms with van der Waals surface area (Å²) >= 11 is 0. The van der Waals surface area contributed by atoms with Crippen molar-refractivity contribution in [2.45, 2.75) is 39.2 Å². The van der Waals surface area contributed by atoms with Gasteiger partial charge < -0.3 is 4.74 Å². The first-order valence-electron chi connectivity index (χ1n) is 6.95.